The summed E-state index contributed by atoms with van der Waals surface area (Å²) in [6.07, 6.45) is 5.29. The summed E-state index contributed by atoms with van der Waals surface area (Å²) in [5.74, 6) is 7.04. The van der Waals surface area contributed by atoms with Gasteiger partial charge in [-0.05, 0) is 30.9 Å². The normalized spacial score (nSPS) is 10.2. The van der Waals surface area contributed by atoms with Gasteiger partial charge in [-0.25, -0.2) is 10.8 Å². The maximum atomic E-state index is 10.9. The second-order valence-corrected chi connectivity index (χ2v) is 4.93. The van der Waals surface area contributed by atoms with Gasteiger partial charge in [0.2, 0.25) is 5.82 Å². The summed E-state index contributed by atoms with van der Waals surface area (Å²) in [5, 5.41) is 13.9. The van der Waals surface area contributed by atoms with Crippen LogP contribution in [-0.2, 0) is 0 Å². The molecule has 0 saturated heterocycles. The predicted octanol–water partition coefficient (Wildman–Crippen LogP) is 2.22. The molecular weight excluding hydrogens is 266 g/mol. The fourth-order valence-corrected chi connectivity index (χ4v) is 2.06. The van der Waals surface area contributed by atoms with E-state index in [2.05, 4.69) is 22.0 Å². The molecule has 4 N–H and O–H groups in total. The lowest BCUT2D eigenvalue weighted by molar-refractivity contribution is -0.384. The van der Waals surface area contributed by atoms with Crippen LogP contribution in [-0.4, -0.2) is 28.5 Å². The molecule has 1 rings (SSSR count). The molecule has 0 radical (unpaired) electrons. The van der Waals surface area contributed by atoms with E-state index in [9.17, 15) is 10.1 Å². The molecule has 0 bridgehead atoms. The number of nitrogens with two attached hydrogens (primary N) is 1. The van der Waals surface area contributed by atoms with Crippen LogP contribution in [0.1, 0.15) is 19.3 Å². The standard InChI is InChI=1S/C11H19N5O2S/c1-19-8-4-2-3-7-13-11-9(16(17)18)5-6-10(14-11)15-12/h5-6H,2-4,7-8,12H2,1H3,(H2,13,14,15). The summed E-state index contributed by atoms with van der Waals surface area (Å²) >= 11 is 1.82. The molecule has 7 nitrogen and oxygen atoms in total. The number of unbranched alkanes of at least 4 members (excludes halogenated alkanes) is 2. The van der Waals surface area contributed by atoms with E-state index < -0.39 is 4.92 Å². The molecule has 106 valence electrons. The van der Waals surface area contributed by atoms with Crippen molar-refractivity contribution in [2.24, 2.45) is 5.84 Å². The molecule has 0 aliphatic rings. The Labute approximate surface area is 116 Å². The number of hydrogen-bond donors (Lipinski definition) is 3. The van der Waals surface area contributed by atoms with Crippen LogP contribution in [0.2, 0.25) is 0 Å². The Morgan fingerprint density at radius 1 is 1.42 bits per heavy atom. The van der Waals surface area contributed by atoms with Crippen LogP contribution < -0.4 is 16.6 Å². The zero-order valence-corrected chi connectivity index (χ0v) is 11.7. The summed E-state index contributed by atoms with van der Waals surface area (Å²) in [6, 6.07) is 2.86. The molecule has 0 atom stereocenters. The van der Waals surface area contributed by atoms with Crippen molar-refractivity contribution in [2.45, 2.75) is 19.3 Å². The van der Waals surface area contributed by atoms with E-state index in [-0.39, 0.29) is 11.5 Å². The number of rotatable bonds is 9. The number of nitrogens with one attached hydrogen (secondary N) is 2. The molecule has 0 aliphatic carbocycles. The highest BCUT2D eigenvalue weighted by Crippen LogP contribution is 2.23. The van der Waals surface area contributed by atoms with Gasteiger partial charge < -0.3 is 10.7 Å². The van der Waals surface area contributed by atoms with Gasteiger partial charge in [-0.2, -0.15) is 11.8 Å². The van der Waals surface area contributed by atoms with E-state index in [0.29, 0.717) is 12.4 Å². The van der Waals surface area contributed by atoms with Crippen molar-refractivity contribution in [2.75, 3.05) is 29.3 Å². The highest BCUT2D eigenvalue weighted by atomic mass is 32.2. The summed E-state index contributed by atoms with van der Waals surface area (Å²) in [7, 11) is 0. The lowest BCUT2D eigenvalue weighted by atomic mass is 10.2. The van der Waals surface area contributed by atoms with Gasteiger partial charge in [0, 0.05) is 12.6 Å². The summed E-state index contributed by atoms with van der Waals surface area (Å²) < 4.78 is 0. The topological polar surface area (TPSA) is 106 Å². The van der Waals surface area contributed by atoms with Gasteiger partial charge >= 0.3 is 5.69 Å². The number of pyridine rings is 1. The molecule has 0 fully saturated rings. The Morgan fingerprint density at radius 3 is 2.84 bits per heavy atom. The second kappa shape index (κ2) is 8.54. The van der Waals surface area contributed by atoms with Crippen molar-refractivity contribution in [3.63, 3.8) is 0 Å². The van der Waals surface area contributed by atoms with Crippen LogP contribution in [0, 0.1) is 10.1 Å². The molecule has 0 unspecified atom stereocenters. The molecule has 8 heteroatoms. The van der Waals surface area contributed by atoms with E-state index in [1.54, 1.807) is 0 Å². The van der Waals surface area contributed by atoms with E-state index in [1.165, 1.54) is 12.1 Å². The average molecular weight is 285 g/mol. The van der Waals surface area contributed by atoms with Gasteiger partial charge in [0.05, 0.1) is 4.92 Å². The molecule has 1 heterocycles. The molecule has 0 spiro atoms. The molecule has 19 heavy (non-hydrogen) atoms. The first-order valence-electron chi connectivity index (χ1n) is 6.04. The van der Waals surface area contributed by atoms with Gasteiger partial charge in [0.25, 0.3) is 0 Å². The van der Waals surface area contributed by atoms with E-state index in [0.717, 1.165) is 25.0 Å². The largest absolute Gasteiger partial charge is 0.364 e. The highest BCUT2D eigenvalue weighted by Gasteiger charge is 2.15. The Kier molecular flexibility index (Phi) is 6.98. The summed E-state index contributed by atoms with van der Waals surface area (Å²) in [6.45, 7) is 0.663. The lowest BCUT2D eigenvalue weighted by Gasteiger charge is -2.07. The molecule has 1 aromatic heterocycles. The fraction of sp³-hybridized carbons (Fsp3) is 0.545. The number of nitro groups is 1. The minimum Gasteiger partial charge on any atom is -0.364 e. The minimum absolute atomic E-state index is 0.0388. The zero-order valence-electron chi connectivity index (χ0n) is 10.9. The predicted molar refractivity (Wildman–Crippen MR) is 79.4 cm³/mol. The van der Waals surface area contributed by atoms with Gasteiger partial charge in [0.1, 0.15) is 5.82 Å². The first kappa shape index (κ1) is 15.5. The lowest BCUT2D eigenvalue weighted by Crippen LogP contribution is -2.12. The summed E-state index contributed by atoms with van der Waals surface area (Å²) in [4.78, 5) is 14.5. The van der Waals surface area contributed by atoms with Crippen molar-refractivity contribution in [1.29, 1.82) is 0 Å². The zero-order chi connectivity index (χ0) is 14.1. The fourth-order valence-electron chi connectivity index (χ4n) is 1.56. The number of thioether (sulfide) groups is 1. The maximum absolute atomic E-state index is 10.9. The maximum Gasteiger partial charge on any atom is 0.311 e. The van der Waals surface area contributed by atoms with Gasteiger partial charge in [-0.1, -0.05) is 6.42 Å². The van der Waals surface area contributed by atoms with Gasteiger partial charge in [0.15, 0.2) is 0 Å². The third kappa shape index (κ3) is 5.31. The Hall–Kier alpha value is -1.54. The van der Waals surface area contributed by atoms with Crippen molar-refractivity contribution >= 4 is 29.1 Å². The quantitative estimate of drug-likeness (QED) is 0.276. The third-order valence-electron chi connectivity index (χ3n) is 2.54. The Morgan fingerprint density at radius 2 is 2.21 bits per heavy atom. The monoisotopic (exact) mass is 285 g/mol. The molecular formula is C11H19N5O2S. The molecule has 0 aromatic carbocycles. The number of anilines is 2. The van der Waals surface area contributed by atoms with Crippen molar-refractivity contribution < 1.29 is 4.92 Å². The number of aromatic nitrogens is 1. The molecule has 0 saturated carbocycles. The molecule has 0 amide bonds. The smallest absolute Gasteiger partial charge is 0.311 e. The van der Waals surface area contributed by atoms with Gasteiger partial charge in [-0.3, -0.25) is 10.1 Å². The molecule has 1 aromatic rings. The van der Waals surface area contributed by atoms with Crippen molar-refractivity contribution in [3.8, 4) is 0 Å². The van der Waals surface area contributed by atoms with E-state index >= 15 is 0 Å². The van der Waals surface area contributed by atoms with E-state index in [1.807, 2.05) is 11.8 Å². The number of hydrogen-bond acceptors (Lipinski definition) is 7. The minimum atomic E-state index is -0.455. The van der Waals surface area contributed by atoms with Crippen LogP contribution in [0.25, 0.3) is 0 Å². The first-order valence-corrected chi connectivity index (χ1v) is 7.43. The number of nitrogens with zero attached hydrogens (tertiary/aromatic N) is 2. The SMILES string of the molecule is CSCCCCCNc1nc(NN)ccc1[N+](=O)[O-]. The van der Waals surface area contributed by atoms with Gasteiger partial charge in [-0.15, -0.1) is 0 Å². The first-order chi connectivity index (χ1) is 9.19. The van der Waals surface area contributed by atoms with Crippen LogP contribution >= 0.6 is 11.8 Å². The van der Waals surface area contributed by atoms with E-state index in [4.69, 9.17) is 5.84 Å². The number of hydrazine groups is 1. The van der Waals surface area contributed by atoms with Crippen molar-refractivity contribution in [1.82, 2.24) is 4.98 Å². The van der Waals surface area contributed by atoms with Crippen LogP contribution in [0.5, 0.6) is 0 Å². The second-order valence-electron chi connectivity index (χ2n) is 3.95. The number of nitrogen functional groups attached to an aromatic ring is 1. The summed E-state index contributed by atoms with van der Waals surface area (Å²) in [5.41, 5.74) is 2.34. The Balaban J connectivity index is 2.52. The molecule has 0 aliphatic heterocycles. The van der Waals surface area contributed by atoms with Crippen LogP contribution in [0.15, 0.2) is 12.1 Å². The van der Waals surface area contributed by atoms with Crippen molar-refractivity contribution in [3.05, 3.63) is 22.2 Å². The highest BCUT2D eigenvalue weighted by molar-refractivity contribution is 7.98. The Bertz CT molecular complexity index is 416. The van der Waals surface area contributed by atoms with Crippen LogP contribution in [0.3, 0.4) is 0 Å². The van der Waals surface area contributed by atoms with Crippen LogP contribution in [0.4, 0.5) is 17.3 Å². The third-order valence-corrected chi connectivity index (χ3v) is 3.23. The average Bonchev–Trinajstić information content (AvgIpc) is 2.42.